The van der Waals surface area contributed by atoms with Gasteiger partial charge in [-0.1, -0.05) is 37.3 Å². The average molecular weight is 271 g/mol. The zero-order chi connectivity index (χ0) is 14.4. The summed E-state index contributed by atoms with van der Waals surface area (Å²) in [5.74, 6) is 2.13. The van der Waals surface area contributed by atoms with Crippen LogP contribution >= 0.6 is 0 Å². The molecule has 0 amide bonds. The number of ether oxygens (including phenoxy) is 1. The molecule has 4 nitrogen and oxygen atoms in total. The molecule has 0 bridgehead atoms. The number of rotatable bonds is 6. The summed E-state index contributed by atoms with van der Waals surface area (Å²) in [5, 5.41) is 3.26. The van der Waals surface area contributed by atoms with E-state index in [0.717, 1.165) is 24.3 Å². The molecule has 1 heterocycles. The highest BCUT2D eigenvalue weighted by Gasteiger charge is 2.09. The minimum Gasteiger partial charge on any atom is -0.470 e. The monoisotopic (exact) mass is 271 g/mol. The van der Waals surface area contributed by atoms with Gasteiger partial charge in [-0.05, 0) is 25.8 Å². The molecule has 0 saturated carbocycles. The van der Waals surface area contributed by atoms with Gasteiger partial charge in [-0.15, -0.1) is 0 Å². The van der Waals surface area contributed by atoms with Gasteiger partial charge in [-0.2, -0.15) is 4.98 Å². The van der Waals surface area contributed by atoms with Gasteiger partial charge >= 0.3 is 0 Å². The van der Waals surface area contributed by atoms with E-state index in [9.17, 15) is 0 Å². The summed E-state index contributed by atoms with van der Waals surface area (Å²) in [5.41, 5.74) is 1.13. The largest absolute Gasteiger partial charge is 0.470 e. The Kier molecular flexibility index (Phi) is 4.93. The highest BCUT2D eigenvalue weighted by molar-refractivity contribution is 5.38. The minimum atomic E-state index is -0.0375. The lowest BCUT2D eigenvalue weighted by Gasteiger charge is -2.15. The van der Waals surface area contributed by atoms with Crippen molar-refractivity contribution in [1.29, 1.82) is 0 Å². The SMILES string of the molecule is CCCNc1cc(OC(C)c2ccccc2)nc(C)n1. The smallest absolute Gasteiger partial charge is 0.219 e. The van der Waals surface area contributed by atoms with Crippen molar-refractivity contribution in [3.8, 4) is 5.88 Å². The van der Waals surface area contributed by atoms with Crippen LogP contribution in [0.4, 0.5) is 5.82 Å². The number of anilines is 1. The first kappa shape index (κ1) is 14.3. The molecule has 0 radical (unpaired) electrons. The molecule has 20 heavy (non-hydrogen) atoms. The van der Waals surface area contributed by atoms with Crippen molar-refractivity contribution in [3.63, 3.8) is 0 Å². The van der Waals surface area contributed by atoms with E-state index in [2.05, 4.69) is 34.3 Å². The molecule has 0 aliphatic rings. The number of hydrogen-bond acceptors (Lipinski definition) is 4. The summed E-state index contributed by atoms with van der Waals surface area (Å²) in [6.07, 6.45) is 1.02. The van der Waals surface area contributed by atoms with Crippen molar-refractivity contribution in [2.24, 2.45) is 0 Å². The molecule has 0 aliphatic heterocycles. The molecule has 4 heteroatoms. The number of nitrogens with one attached hydrogen (secondary N) is 1. The van der Waals surface area contributed by atoms with E-state index in [1.807, 2.05) is 38.1 Å². The van der Waals surface area contributed by atoms with Crippen LogP contribution in [-0.4, -0.2) is 16.5 Å². The Labute approximate surface area is 120 Å². The fraction of sp³-hybridized carbons (Fsp3) is 0.375. The third-order valence-electron chi connectivity index (χ3n) is 2.94. The van der Waals surface area contributed by atoms with Crippen molar-refractivity contribution in [2.75, 3.05) is 11.9 Å². The molecule has 0 fully saturated rings. The predicted molar refractivity (Wildman–Crippen MR) is 81.0 cm³/mol. The highest BCUT2D eigenvalue weighted by Crippen LogP contribution is 2.21. The number of aryl methyl sites for hydroxylation is 1. The van der Waals surface area contributed by atoms with E-state index >= 15 is 0 Å². The molecule has 1 atom stereocenters. The van der Waals surface area contributed by atoms with Gasteiger partial charge < -0.3 is 10.1 Å². The number of benzene rings is 1. The number of hydrogen-bond donors (Lipinski definition) is 1. The van der Waals surface area contributed by atoms with Gasteiger partial charge in [-0.25, -0.2) is 4.98 Å². The van der Waals surface area contributed by atoms with Gasteiger partial charge in [0, 0.05) is 12.6 Å². The standard InChI is InChI=1S/C16H21N3O/c1-4-10-17-15-11-16(19-13(3)18-15)20-12(2)14-8-6-5-7-9-14/h5-9,11-12H,4,10H2,1-3H3,(H,17,18,19). The number of aromatic nitrogens is 2. The molecule has 0 saturated heterocycles. The molecule has 0 spiro atoms. The summed E-state index contributed by atoms with van der Waals surface area (Å²) in [6, 6.07) is 12.0. The quantitative estimate of drug-likeness (QED) is 0.869. The Balaban J connectivity index is 2.10. The molecule has 106 valence electrons. The molecule has 2 rings (SSSR count). The highest BCUT2D eigenvalue weighted by atomic mass is 16.5. The topological polar surface area (TPSA) is 47.0 Å². The second kappa shape index (κ2) is 6.89. The average Bonchev–Trinajstić information content (AvgIpc) is 2.45. The number of nitrogens with zero attached hydrogens (tertiary/aromatic N) is 2. The molecular formula is C16H21N3O. The van der Waals surface area contributed by atoms with E-state index < -0.39 is 0 Å². The van der Waals surface area contributed by atoms with Crippen LogP contribution in [0.2, 0.25) is 0 Å². The zero-order valence-electron chi connectivity index (χ0n) is 12.3. The third-order valence-corrected chi connectivity index (χ3v) is 2.94. The molecule has 1 aromatic carbocycles. The summed E-state index contributed by atoms with van der Waals surface area (Å²) >= 11 is 0. The van der Waals surface area contributed by atoms with Gasteiger partial charge in [0.15, 0.2) is 0 Å². The van der Waals surface area contributed by atoms with E-state index in [-0.39, 0.29) is 6.10 Å². The molecule has 1 unspecified atom stereocenters. The summed E-state index contributed by atoms with van der Waals surface area (Å²) < 4.78 is 5.91. The van der Waals surface area contributed by atoms with Crippen LogP contribution < -0.4 is 10.1 Å². The zero-order valence-corrected chi connectivity index (χ0v) is 12.3. The van der Waals surface area contributed by atoms with Crippen LogP contribution in [0.15, 0.2) is 36.4 Å². The van der Waals surface area contributed by atoms with Crippen molar-refractivity contribution in [2.45, 2.75) is 33.3 Å². The fourth-order valence-electron chi connectivity index (χ4n) is 1.92. The van der Waals surface area contributed by atoms with Crippen LogP contribution in [0, 0.1) is 6.92 Å². The van der Waals surface area contributed by atoms with E-state index in [1.165, 1.54) is 0 Å². The minimum absolute atomic E-state index is 0.0375. The molecule has 2 aromatic rings. The lowest BCUT2D eigenvalue weighted by atomic mass is 10.1. The van der Waals surface area contributed by atoms with Gasteiger partial charge in [-0.3, -0.25) is 0 Å². The van der Waals surface area contributed by atoms with Gasteiger partial charge in [0.1, 0.15) is 17.7 Å². The molecular weight excluding hydrogens is 250 g/mol. The fourth-order valence-corrected chi connectivity index (χ4v) is 1.92. The second-order valence-electron chi connectivity index (χ2n) is 4.74. The Morgan fingerprint density at radius 1 is 1.20 bits per heavy atom. The van der Waals surface area contributed by atoms with Gasteiger partial charge in [0.05, 0.1) is 0 Å². The van der Waals surface area contributed by atoms with E-state index in [4.69, 9.17) is 4.74 Å². The lowest BCUT2D eigenvalue weighted by Crippen LogP contribution is -2.08. The Bertz CT molecular complexity index is 543. The van der Waals surface area contributed by atoms with E-state index in [1.54, 1.807) is 0 Å². The summed E-state index contributed by atoms with van der Waals surface area (Å²) in [4.78, 5) is 8.68. The summed E-state index contributed by atoms with van der Waals surface area (Å²) in [7, 11) is 0. The van der Waals surface area contributed by atoms with Gasteiger partial charge in [0.25, 0.3) is 0 Å². The van der Waals surface area contributed by atoms with Crippen LogP contribution in [-0.2, 0) is 0 Å². The predicted octanol–water partition coefficient (Wildman–Crippen LogP) is 3.75. The van der Waals surface area contributed by atoms with Crippen LogP contribution in [0.1, 0.15) is 37.8 Å². The Morgan fingerprint density at radius 3 is 2.65 bits per heavy atom. The Morgan fingerprint density at radius 2 is 1.95 bits per heavy atom. The van der Waals surface area contributed by atoms with E-state index in [0.29, 0.717) is 11.7 Å². The first-order chi connectivity index (χ1) is 9.69. The van der Waals surface area contributed by atoms with Crippen molar-refractivity contribution in [3.05, 3.63) is 47.8 Å². The van der Waals surface area contributed by atoms with Crippen LogP contribution in [0.5, 0.6) is 5.88 Å². The lowest BCUT2D eigenvalue weighted by molar-refractivity contribution is 0.217. The molecule has 0 aliphatic carbocycles. The second-order valence-corrected chi connectivity index (χ2v) is 4.74. The maximum Gasteiger partial charge on any atom is 0.219 e. The van der Waals surface area contributed by atoms with Crippen LogP contribution in [0.25, 0.3) is 0 Å². The first-order valence-electron chi connectivity index (χ1n) is 7.00. The normalized spacial score (nSPS) is 11.9. The van der Waals surface area contributed by atoms with Crippen LogP contribution in [0.3, 0.4) is 0 Å². The maximum atomic E-state index is 5.91. The van der Waals surface area contributed by atoms with Crippen molar-refractivity contribution >= 4 is 5.82 Å². The first-order valence-corrected chi connectivity index (χ1v) is 7.00. The van der Waals surface area contributed by atoms with Crippen molar-refractivity contribution in [1.82, 2.24) is 9.97 Å². The molecule has 1 N–H and O–H groups in total. The third kappa shape index (κ3) is 3.95. The Hall–Kier alpha value is -2.10. The maximum absolute atomic E-state index is 5.91. The van der Waals surface area contributed by atoms with Crippen molar-refractivity contribution < 1.29 is 4.74 Å². The van der Waals surface area contributed by atoms with Gasteiger partial charge in [0.2, 0.25) is 5.88 Å². The summed E-state index contributed by atoms with van der Waals surface area (Å²) in [6.45, 7) is 6.91. The molecule has 1 aromatic heterocycles.